The van der Waals surface area contributed by atoms with E-state index < -0.39 is 11.6 Å². The van der Waals surface area contributed by atoms with Gasteiger partial charge < -0.3 is 15.0 Å². The number of amides is 1. The Morgan fingerprint density at radius 3 is 2.50 bits per heavy atom. The summed E-state index contributed by atoms with van der Waals surface area (Å²) in [5.74, 6) is -0.375. The molecule has 2 aromatic carbocycles. The van der Waals surface area contributed by atoms with Crippen LogP contribution in [0.2, 0.25) is 0 Å². The third kappa shape index (κ3) is 4.10. The Labute approximate surface area is 172 Å². The van der Waals surface area contributed by atoms with Crippen molar-refractivity contribution in [3.8, 4) is 11.4 Å². The number of carbonyl (C=O) groups excluding carboxylic acids is 1. The highest BCUT2D eigenvalue weighted by molar-refractivity contribution is 5.74. The predicted octanol–water partition coefficient (Wildman–Crippen LogP) is 3.52. The molecule has 1 aliphatic rings. The van der Waals surface area contributed by atoms with Crippen molar-refractivity contribution in [3.05, 3.63) is 59.4 Å². The van der Waals surface area contributed by atoms with Crippen molar-refractivity contribution >= 4 is 17.5 Å². The molecule has 9 heteroatoms. The minimum Gasteiger partial charge on any atom is -0.487 e. The van der Waals surface area contributed by atoms with Crippen molar-refractivity contribution in [2.24, 2.45) is 0 Å². The molecule has 0 saturated carbocycles. The average molecular weight is 413 g/mol. The van der Waals surface area contributed by atoms with Crippen LogP contribution in [0.15, 0.2) is 36.7 Å². The summed E-state index contributed by atoms with van der Waals surface area (Å²) in [6, 6.07) is 6.94. The largest absolute Gasteiger partial charge is 0.487 e. The lowest BCUT2D eigenvalue weighted by Crippen LogP contribution is -2.55. The molecule has 1 fully saturated rings. The molecule has 1 saturated heterocycles. The van der Waals surface area contributed by atoms with E-state index in [1.165, 1.54) is 23.1 Å². The molecule has 0 spiro atoms. The summed E-state index contributed by atoms with van der Waals surface area (Å²) < 4.78 is 34.2. The molecule has 3 aromatic rings. The van der Waals surface area contributed by atoms with Crippen molar-refractivity contribution in [3.63, 3.8) is 0 Å². The number of aryl methyl sites for hydroxylation is 1. The molecule has 0 bridgehead atoms. The molecule has 0 atom stereocenters. The highest BCUT2D eigenvalue weighted by Gasteiger charge is 2.30. The number of ether oxygens (including phenoxy) is 1. The van der Waals surface area contributed by atoms with Crippen LogP contribution in [0.25, 0.3) is 5.69 Å². The van der Waals surface area contributed by atoms with Crippen LogP contribution in [0.3, 0.4) is 0 Å². The fraction of sp³-hybridized carbons (Fsp3) is 0.286. The highest BCUT2D eigenvalue weighted by atomic mass is 19.1. The third-order valence-corrected chi connectivity index (χ3v) is 5.09. The van der Waals surface area contributed by atoms with E-state index in [9.17, 15) is 13.6 Å². The smallest absolute Gasteiger partial charge is 0.246 e. The average Bonchev–Trinajstić information content (AvgIpc) is 3.09. The number of nitrogens with one attached hydrogen (secondary N) is 1. The first kappa shape index (κ1) is 19.8. The van der Waals surface area contributed by atoms with E-state index in [2.05, 4.69) is 15.4 Å². The second-order valence-corrected chi connectivity index (χ2v) is 7.34. The van der Waals surface area contributed by atoms with E-state index >= 15 is 0 Å². The first-order chi connectivity index (χ1) is 14.3. The number of anilines is 2. The molecule has 1 aromatic heterocycles. The van der Waals surface area contributed by atoms with Crippen LogP contribution in [-0.2, 0) is 4.79 Å². The summed E-state index contributed by atoms with van der Waals surface area (Å²) in [5, 5.41) is 7.39. The van der Waals surface area contributed by atoms with E-state index in [0.717, 1.165) is 22.9 Å². The number of hydrogen-bond donors (Lipinski definition) is 1. The molecule has 0 aliphatic carbocycles. The third-order valence-electron chi connectivity index (χ3n) is 5.09. The predicted molar refractivity (Wildman–Crippen MR) is 107 cm³/mol. The maximum atomic E-state index is 13.5. The van der Waals surface area contributed by atoms with Gasteiger partial charge in [-0.3, -0.25) is 4.79 Å². The van der Waals surface area contributed by atoms with Gasteiger partial charge in [0.25, 0.3) is 0 Å². The van der Waals surface area contributed by atoms with Gasteiger partial charge in [-0.1, -0.05) is 0 Å². The van der Waals surface area contributed by atoms with Gasteiger partial charge in [-0.25, -0.2) is 13.5 Å². The van der Waals surface area contributed by atoms with Crippen LogP contribution >= 0.6 is 0 Å². The van der Waals surface area contributed by atoms with Gasteiger partial charge in [0.05, 0.1) is 18.8 Å². The number of nitrogens with zero attached hydrogens (tertiary/aromatic N) is 4. The van der Waals surface area contributed by atoms with Crippen LogP contribution in [0.1, 0.15) is 18.1 Å². The SMILES string of the molecule is CC(=O)N1CC(Oc2cc(C)c(C)c(Nc3ncn(-c4cc(F)cc(F)c4)n3)c2)C1. The Morgan fingerprint density at radius 1 is 1.13 bits per heavy atom. The number of rotatable bonds is 5. The molecule has 7 nitrogen and oxygen atoms in total. The van der Waals surface area contributed by atoms with Gasteiger partial charge in [-0.2, -0.15) is 4.98 Å². The van der Waals surface area contributed by atoms with E-state index in [4.69, 9.17) is 4.74 Å². The summed E-state index contributed by atoms with van der Waals surface area (Å²) in [6.45, 7) is 6.61. The molecular formula is C21H21F2N5O2. The standard InChI is InChI=1S/C21H21F2N5O2/c1-12-4-18(30-19-9-27(10-19)14(3)29)8-20(13(12)2)25-21-24-11-28(26-21)17-6-15(22)5-16(23)7-17/h4-8,11,19H,9-10H2,1-3H3,(H,25,26). The van der Waals surface area contributed by atoms with Gasteiger partial charge in [0.15, 0.2) is 0 Å². The zero-order valence-corrected chi connectivity index (χ0v) is 16.8. The minimum absolute atomic E-state index is 0.0379. The highest BCUT2D eigenvalue weighted by Crippen LogP contribution is 2.29. The molecule has 0 unspecified atom stereocenters. The molecule has 0 radical (unpaired) electrons. The molecule has 1 amide bonds. The summed E-state index contributed by atoms with van der Waals surface area (Å²) in [7, 11) is 0. The fourth-order valence-electron chi connectivity index (χ4n) is 3.22. The van der Waals surface area contributed by atoms with Crippen LogP contribution in [0, 0.1) is 25.5 Å². The fourth-order valence-corrected chi connectivity index (χ4v) is 3.22. The number of likely N-dealkylation sites (tertiary alicyclic amines) is 1. The Bertz CT molecular complexity index is 1090. The molecule has 4 rings (SSSR count). The summed E-state index contributed by atoms with van der Waals surface area (Å²) in [4.78, 5) is 17.2. The minimum atomic E-state index is -0.689. The number of benzene rings is 2. The van der Waals surface area contributed by atoms with Crippen molar-refractivity contribution in [1.82, 2.24) is 19.7 Å². The molecule has 1 N–H and O–H groups in total. The molecule has 2 heterocycles. The number of halogens is 2. The number of aromatic nitrogens is 3. The van der Waals surface area contributed by atoms with Crippen LogP contribution in [0.5, 0.6) is 5.75 Å². The Hall–Kier alpha value is -3.49. The van der Waals surface area contributed by atoms with Crippen molar-refractivity contribution < 1.29 is 18.3 Å². The Morgan fingerprint density at radius 2 is 1.83 bits per heavy atom. The molecule has 1 aliphatic heterocycles. The van der Waals surface area contributed by atoms with Gasteiger partial charge in [0, 0.05) is 24.7 Å². The van der Waals surface area contributed by atoms with Gasteiger partial charge in [-0.15, -0.1) is 5.10 Å². The van der Waals surface area contributed by atoms with Crippen molar-refractivity contribution in [1.29, 1.82) is 0 Å². The normalized spacial score (nSPS) is 13.8. The van der Waals surface area contributed by atoms with E-state index in [-0.39, 0.29) is 23.6 Å². The molecule has 156 valence electrons. The monoisotopic (exact) mass is 413 g/mol. The van der Waals surface area contributed by atoms with Gasteiger partial charge in [0.1, 0.15) is 29.8 Å². The first-order valence-electron chi connectivity index (χ1n) is 9.47. The van der Waals surface area contributed by atoms with Crippen LogP contribution in [-0.4, -0.2) is 44.8 Å². The van der Waals surface area contributed by atoms with Gasteiger partial charge in [-0.05, 0) is 43.2 Å². The van der Waals surface area contributed by atoms with Gasteiger partial charge in [0.2, 0.25) is 11.9 Å². The molecular weight excluding hydrogens is 392 g/mol. The number of hydrogen-bond acceptors (Lipinski definition) is 5. The lowest BCUT2D eigenvalue weighted by Gasteiger charge is -2.38. The van der Waals surface area contributed by atoms with Crippen LogP contribution in [0.4, 0.5) is 20.4 Å². The second kappa shape index (κ2) is 7.74. The zero-order valence-electron chi connectivity index (χ0n) is 16.8. The number of carbonyl (C=O) groups is 1. The molecule has 30 heavy (non-hydrogen) atoms. The van der Waals surface area contributed by atoms with Crippen molar-refractivity contribution in [2.45, 2.75) is 26.9 Å². The zero-order chi connectivity index (χ0) is 21.4. The maximum Gasteiger partial charge on any atom is 0.246 e. The van der Waals surface area contributed by atoms with E-state index in [1.807, 2.05) is 26.0 Å². The van der Waals surface area contributed by atoms with Gasteiger partial charge >= 0.3 is 0 Å². The van der Waals surface area contributed by atoms with Crippen LogP contribution < -0.4 is 10.1 Å². The quantitative estimate of drug-likeness (QED) is 0.693. The summed E-state index contributed by atoms with van der Waals surface area (Å²) in [6.07, 6.45) is 1.34. The summed E-state index contributed by atoms with van der Waals surface area (Å²) in [5.41, 5.74) is 3.01. The second-order valence-electron chi connectivity index (χ2n) is 7.34. The van der Waals surface area contributed by atoms with E-state index in [0.29, 0.717) is 18.8 Å². The summed E-state index contributed by atoms with van der Waals surface area (Å²) >= 11 is 0. The topological polar surface area (TPSA) is 72.3 Å². The lowest BCUT2D eigenvalue weighted by atomic mass is 10.1. The Kier molecular flexibility index (Phi) is 5.11. The first-order valence-corrected chi connectivity index (χ1v) is 9.47. The maximum absolute atomic E-state index is 13.5. The Balaban J connectivity index is 1.51. The van der Waals surface area contributed by atoms with E-state index in [1.54, 1.807) is 11.8 Å². The van der Waals surface area contributed by atoms with Crippen molar-refractivity contribution in [2.75, 3.05) is 18.4 Å². The lowest BCUT2D eigenvalue weighted by molar-refractivity contribution is -0.137.